The van der Waals surface area contributed by atoms with Gasteiger partial charge in [0.25, 0.3) is 0 Å². The van der Waals surface area contributed by atoms with Crippen LogP contribution in [0.4, 0.5) is 11.4 Å². The lowest BCUT2D eigenvalue weighted by atomic mass is 10.0. The number of anilines is 2. The Morgan fingerprint density at radius 3 is 2.61 bits per heavy atom. The lowest BCUT2D eigenvalue weighted by Crippen LogP contribution is -2.24. The minimum absolute atomic E-state index is 0.553. The summed E-state index contributed by atoms with van der Waals surface area (Å²) in [6.45, 7) is 4.42. The van der Waals surface area contributed by atoms with E-state index in [1.165, 1.54) is 34.6 Å². The van der Waals surface area contributed by atoms with Crippen molar-refractivity contribution in [2.24, 2.45) is 4.40 Å². The summed E-state index contributed by atoms with van der Waals surface area (Å²) in [7, 11) is 0. The van der Waals surface area contributed by atoms with E-state index in [9.17, 15) is 0 Å². The van der Waals surface area contributed by atoms with Gasteiger partial charge >= 0.3 is 0 Å². The molecule has 4 rings (SSSR count). The minimum atomic E-state index is 0.553. The summed E-state index contributed by atoms with van der Waals surface area (Å²) in [5.74, 6) is 2.09. The fourth-order valence-electron chi connectivity index (χ4n) is 2.87. The number of nitrogens with one attached hydrogen (secondary N) is 2. The molecule has 1 fully saturated rings. The summed E-state index contributed by atoms with van der Waals surface area (Å²) < 4.78 is 4.56. The normalized spacial score (nSPS) is 16.6. The van der Waals surface area contributed by atoms with Crippen molar-refractivity contribution >= 4 is 29.3 Å². The first-order valence-electron chi connectivity index (χ1n) is 8.22. The molecular formula is C19H21N3S. The van der Waals surface area contributed by atoms with Crippen molar-refractivity contribution in [1.82, 2.24) is 0 Å². The van der Waals surface area contributed by atoms with Gasteiger partial charge in [-0.3, -0.25) is 0 Å². The highest BCUT2D eigenvalue weighted by molar-refractivity contribution is 7.98. The molecule has 0 radical (unpaired) electrons. The fraction of sp³-hybridized carbons (Fsp3) is 0.316. The molecule has 1 aliphatic heterocycles. The van der Waals surface area contributed by atoms with E-state index in [4.69, 9.17) is 0 Å². The van der Waals surface area contributed by atoms with Crippen molar-refractivity contribution in [3.63, 3.8) is 0 Å². The zero-order valence-corrected chi connectivity index (χ0v) is 14.3. The molecule has 118 valence electrons. The molecule has 0 bridgehead atoms. The van der Waals surface area contributed by atoms with Crippen LogP contribution in [0.25, 0.3) is 0 Å². The molecular weight excluding hydrogens is 302 g/mol. The van der Waals surface area contributed by atoms with E-state index in [-0.39, 0.29) is 0 Å². The van der Waals surface area contributed by atoms with Crippen molar-refractivity contribution in [3.05, 3.63) is 53.6 Å². The van der Waals surface area contributed by atoms with Crippen LogP contribution in [0.1, 0.15) is 49.7 Å². The number of hydrogen-bond donors (Lipinski definition) is 2. The van der Waals surface area contributed by atoms with Crippen molar-refractivity contribution < 1.29 is 0 Å². The van der Waals surface area contributed by atoms with E-state index in [0.717, 1.165) is 17.6 Å². The predicted molar refractivity (Wildman–Crippen MR) is 99.5 cm³/mol. The highest BCUT2D eigenvalue weighted by Gasteiger charge is 2.28. The standard InChI is InChI=1S/C19H21N3S/c1-12(2)13-8-10-15(11-9-13)20-19-21-18-16(14-6-7-14)4-3-5-17(18)23-22-19/h3-5,8-12,14H,6-7H2,1-2H3,(H2,20,21,22). The van der Waals surface area contributed by atoms with Gasteiger partial charge in [-0.1, -0.05) is 38.1 Å². The summed E-state index contributed by atoms with van der Waals surface area (Å²) in [6, 6.07) is 15.1. The molecule has 3 nitrogen and oxygen atoms in total. The largest absolute Gasteiger partial charge is 0.325 e. The van der Waals surface area contributed by atoms with E-state index in [1.54, 1.807) is 11.9 Å². The molecule has 0 spiro atoms. The summed E-state index contributed by atoms with van der Waals surface area (Å²) in [6.07, 6.45) is 2.61. The van der Waals surface area contributed by atoms with Gasteiger partial charge in [-0.15, -0.1) is 0 Å². The van der Waals surface area contributed by atoms with Gasteiger partial charge in [-0.2, -0.15) is 4.40 Å². The summed E-state index contributed by atoms with van der Waals surface area (Å²) >= 11 is 1.55. The SMILES string of the molecule is CC(C)c1ccc(NC2=NSc3cccc(C4CC4)c3N2)cc1. The number of guanidine groups is 1. The van der Waals surface area contributed by atoms with E-state index in [2.05, 4.69) is 71.3 Å². The van der Waals surface area contributed by atoms with Crippen molar-refractivity contribution in [2.75, 3.05) is 10.6 Å². The lowest BCUT2D eigenvalue weighted by Gasteiger charge is -2.21. The molecule has 2 N–H and O–H groups in total. The van der Waals surface area contributed by atoms with Crippen LogP contribution in [-0.2, 0) is 0 Å². The average molecular weight is 323 g/mol. The first-order valence-corrected chi connectivity index (χ1v) is 9.00. The van der Waals surface area contributed by atoms with Gasteiger partial charge in [0.2, 0.25) is 5.96 Å². The summed E-state index contributed by atoms with van der Waals surface area (Å²) in [5, 5.41) is 6.88. The van der Waals surface area contributed by atoms with Crippen LogP contribution in [0, 0.1) is 0 Å². The average Bonchev–Trinajstić information content (AvgIpc) is 3.39. The number of nitrogens with zero attached hydrogens (tertiary/aromatic N) is 1. The molecule has 0 atom stereocenters. The Morgan fingerprint density at radius 2 is 1.91 bits per heavy atom. The van der Waals surface area contributed by atoms with Gasteiger partial charge in [0.05, 0.1) is 10.6 Å². The van der Waals surface area contributed by atoms with Crippen molar-refractivity contribution in [1.29, 1.82) is 0 Å². The Bertz CT molecular complexity index is 746. The van der Waals surface area contributed by atoms with E-state index in [0.29, 0.717) is 5.92 Å². The van der Waals surface area contributed by atoms with Crippen molar-refractivity contribution in [2.45, 2.75) is 43.4 Å². The molecule has 0 saturated heterocycles. The quantitative estimate of drug-likeness (QED) is 0.723. The topological polar surface area (TPSA) is 36.4 Å². The molecule has 2 aromatic rings. The summed E-state index contributed by atoms with van der Waals surface area (Å²) in [4.78, 5) is 1.22. The van der Waals surface area contributed by atoms with Crippen LogP contribution in [0.15, 0.2) is 51.8 Å². The number of benzene rings is 2. The van der Waals surface area contributed by atoms with Gasteiger partial charge < -0.3 is 10.6 Å². The molecule has 4 heteroatoms. The van der Waals surface area contributed by atoms with Gasteiger partial charge in [0.15, 0.2) is 0 Å². The lowest BCUT2D eigenvalue weighted by molar-refractivity contribution is 0.867. The second-order valence-electron chi connectivity index (χ2n) is 6.55. The van der Waals surface area contributed by atoms with Crippen LogP contribution in [0.2, 0.25) is 0 Å². The number of fused-ring (bicyclic) bond motifs is 1. The Kier molecular flexibility index (Phi) is 3.77. The van der Waals surface area contributed by atoms with Gasteiger partial charge in [0.1, 0.15) is 0 Å². The molecule has 1 aliphatic carbocycles. The van der Waals surface area contributed by atoms with Gasteiger partial charge in [-0.05, 0) is 54.0 Å². The predicted octanol–water partition coefficient (Wildman–Crippen LogP) is 5.59. The molecule has 1 heterocycles. The first-order chi connectivity index (χ1) is 11.2. The maximum atomic E-state index is 4.56. The zero-order valence-electron chi connectivity index (χ0n) is 13.5. The highest BCUT2D eigenvalue weighted by atomic mass is 32.2. The van der Waals surface area contributed by atoms with Crippen LogP contribution in [0.3, 0.4) is 0 Å². The number of para-hydroxylation sites is 1. The molecule has 2 aromatic carbocycles. The Balaban J connectivity index is 1.52. The molecule has 0 aromatic heterocycles. The van der Waals surface area contributed by atoms with Gasteiger partial charge in [-0.25, -0.2) is 0 Å². The minimum Gasteiger partial charge on any atom is -0.325 e. The Labute approximate surface area is 141 Å². The van der Waals surface area contributed by atoms with E-state index < -0.39 is 0 Å². The second-order valence-corrected chi connectivity index (χ2v) is 7.36. The fourth-order valence-corrected chi connectivity index (χ4v) is 3.55. The molecule has 0 amide bonds. The van der Waals surface area contributed by atoms with Crippen LogP contribution in [0.5, 0.6) is 0 Å². The van der Waals surface area contributed by atoms with Crippen LogP contribution in [-0.4, -0.2) is 5.96 Å². The molecule has 0 unspecified atom stereocenters. The Hall–Kier alpha value is -1.94. The number of hydrogen-bond acceptors (Lipinski definition) is 4. The Morgan fingerprint density at radius 1 is 1.13 bits per heavy atom. The van der Waals surface area contributed by atoms with Crippen molar-refractivity contribution in [3.8, 4) is 0 Å². The van der Waals surface area contributed by atoms with Gasteiger partial charge in [0, 0.05) is 17.6 Å². The van der Waals surface area contributed by atoms with Crippen LogP contribution >= 0.6 is 11.9 Å². The first kappa shape index (κ1) is 14.6. The molecule has 2 aliphatic rings. The third-order valence-electron chi connectivity index (χ3n) is 4.39. The third-order valence-corrected chi connectivity index (χ3v) is 5.21. The second kappa shape index (κ2) is 5.93. The summed E-state index contributed by atoms with van der Waals surface area (Å²) in [5.41, 5.74) is 5.08. The highest BCUT2D eigenvalue weighted by Crippen LogP contribution is 2.47. The zero-order chi connectivity index (χ0) is 15.8. The van der Waals surface area contributed by atoms with Crippen LogP contribution < -0.4 is 10.6 Å². The third kappa shape index (κ3) is 3.08. The molecule has 1 saturated carbocycles. The maximum absolute atomic E-state index is 4.56. The number of rotatable bonds is 3. The monoisotopic (exact) mass is 323 g/mol. The van der Waals surface area contributed by atoms with E-state index >= 15 is 0 Å². The smallest absolute Gasteiger partial charge is 0.212 e. The van der Waals surface area contributed by atoms with E-state index in [1.807, 2.05) is 0 Å². The molecule has 23 heavy (non-hydrogen) atoms. The maximum Gasteiger partial charge on any atom is 0.212 e.